The number of pyridine rings is 1. The van der Waals surface area contributed by atoms with Gasteiger partial charge in [-0.1, -0.05) is 12.1 Å². The first-order valence-electron chi connectivity index (χ1n) is 4.39. The van der Waals surface area contributed by atoms with Crippen molar-refractivity contribution in [3.63, 3.8) is 0 Å². The molecule has 0 unspecified atom stereocenters. The number of aromatic nitrogens is 1. The van der Waals surface area contributed by atoms with Crippen molar-refractivity contribution in [2.24, 2.45) is 0 Å². The van der Waals surface area contributed by atoms with Crippen molar-refractivity contribution in [3.8, 4) is 11.5 Å². The number of nitrogen functional groups attached to an aromatic ring is 1. The minimum absolute atomic E-state index is 0.170. The van der Waals surface area contributed by atoms with Crippen molar-refractivity contribution in [1.82, 2.24) is 4.98 Å². The molecule has 1 aromatic carbocycles. The number of para-hydroxylation sites is 1. The van der Waals surface area contributed by atoms with Crippen molar-refractivity contribution in [2.45, 2.75) is 0 Å². The van der Waals surface area contributed by atoms with Gasteiger partial charge < -0.3 is 10.5 Å². The Kier molecular flexibility index (Phi) is 2.49. The highest BCUT2D eigenvalue weighted by molar-refractivity contribution is 5.35. The zero-order valence-corrected chi connectivity index (χ0v) is 7.85. The first-order chi connectivity index (χ1) is 7.25. The van der Waals surface area contributed by atoms with Crippen LogP contribution in [0.1, 0.15) is 0 Å². The van der Waals surface area contributed by atoms with E-state index in [-0.39, 0.29) is 5.75 Å². The summed E-state index contributed by atoms with van der Waals surface area (Å²) in [4.78, 5) is 3.84. The Hall–Kier alpha value is -2.10. The Morgan fingerprint density at radius 2 is 1.93 bits per heavy atom. The van der Waals surface area contributed by atoms with Crippen LogP contribution in [0.2, 0.25) is 0 Å². The summed E-state index contributed by atoms with van der Waals surface area (Å²) in [6.45, 7) is 0. The van der Waals surface area contributed by atoms with E-state index < -0.39 is 5.82 Å². The lowest BCUT2D eigenvalue weighted by molar-refractivity contribution is 0.441. The number of benzene rings is 1. The lowest BCUT2D eigenvalue weighted by atomic mass is 10.3. The Morgan fingerprint density at radius 1 is 1.13 bits per heavy atom. The van der Waals surface area contributed by atoms with Gasteiger partial charge in [-0.2, -0.15) is 0 Å². The molecule has 2 N–H and O–H groups in total. The molecule has 0 spiro atoms. The smallest absolute Gasteiger partial charge is 0.165 e. The minimum atomic E-state index is -0.408. The number of nitrogens with two attached hydrogens (primary N) is 1. The van der Waals surface area contributed by atoms with Gasteiger partial charge in [-0.25, -0.2) is 9.37 Å². The summed E-state index contributed by atoms with van der Waals surface area (Å²) in [5.41, 5.74) is 5.41. The van der Waals surface area contributed by atoms with Crippen LogP contribution in [0.15, 0.2) is 42.6 Å². The van der Waals surface area contributed by atoms with Crippen LogP contribution in [-0.4, -0.2) is 4.98 Å². The van der Waals surface area contributed by atoms with Crippen LogP contribution in [0, 0.1) is 5.82 Å². The molecule has 2 aromatic rings. The second-order valence-electron chi connectivity index (χ2n) is 2.95. The van der Waals surface area contributed by atoms with Gasteiger partial charge in [0.15, 0.2) is 11.6 Å². The van der Waals surface area contributed by atoms with E-state index in [1.165, 1.54) is 12.3 Å². The topological polar surface area (TPSA) is 48.1 Å². The summed E-state index contributed by atoms with van der Waals surface area (Å²) in [6, 6.07) is 9.41. The third-order valence-corrected chi connectivity index (χ3v) is 1.82. The molecular formula is C11H9FN2O. The number of hydrogen-bond donors (Lipinski definition) is 1. The monoisotopic (exact) mass is 204 g/mol. The normalized spacial score (nSPS) is 9.93. The van der Waals surface area contributed by atoms with E-state index >= 15 is 0 Å². The van der Waals surface area contributed by atoms with Gasteiger partial charge in [0.25, 0.3) is 0 Å². The van der Waals surface area contributed by atoms with E-state index in [0.29, 0.717) is 11.6 Å². The molecule has 0 saturated carbocycles. The highest BCUT2D eigenvalue weighted by atomic mass is 19.1. The third kappa shape index (κ3) is 2.22. The SMILES string of the molecule is Nc1ccc(Oc2ccccc2F)cn1. The molecular weight excluding hydrogens is 195 g/mol. The lowest BCUT2D eigenvalue weighted by Crippen LogP contribution is -1.91. The maximum Gasteiger partial charge on any atom is 0.165 e. The maximum atomic E-state index is 13.2. The number of halogens is 1. The van der Waals surface area contributed by atoms with E-state index in [9.17, 15) is 4.39 Å². The van der Waals surface area contributed by atoms with Crippen molar-refractivity contribution in [2.75, 3.05) is 5.73 Å². The van der Waals surface area contributed by atoms with Crippen molar-refractivity contribution < 1.29 is 9.13 Å². The second kappa shape index (κ2) is 3.96. The summed E-state index contributed by atoms with van der Waals surface area (Å²) in [5.74, 6) is 0.614. The van der Waals surface area contributed by atoms with Crippen molar-refractivity contribution >= 4 is 5.82 Å². The summed E-state index contributed by atoms with van der Waals surface area (Å²) in [5, 5.41) is 0. The van der Waals surface area contributed by atoms with Gasteiger partial charge in [0.05, 0.1) is 6.20 Å². The lowest BCUT2D eigenvalue weighted by Gasteiger charge is -2.05. The molecule has 0 saturated heterocycles. The largest absolute Gasteiger partial charge is 0.453 e. The fourth-order valence-electron chi connectivity index (χ4n) is 1.11. The molecule has 0 fully saturated rings. The van der Waals surface area contributed by atoms with Crippen LogP contribution in [0.5, 0.6) is 11.5 Å². The standard InChI is InChI=1S/C11H9FN2O/c12-9-3-1-2-4-10(9)15-8-5-6-11(13)14-7-8/h1-7H,(H2,13,14). The maximum absolute atomic E-state index is 13.2. The molecule has 15 heavy (non-hydrogen) atoms. The molecule has 2 rings (SSSR count). The summed E-state index contributed by atoms with van der Waals surface area (Å²) < 4.78 is 18.5. The van der Waals surface area contributed by atoms with Gasteiger partial charge in [-0.15, -0.1) is 0 Å². The number of nitrogens with zero attached hydrogens (tertiary/aromatic N) is 1. The third-order valence-electron chi connectivity index (χ3n) is 1.82. The summed E-state index contributed by atoms with van der Waals surface area (Å²) in [6.07, 6.45) is 1.45. The molecule has 0 aliphatic carbocycles. The molecule has 1 aromatic heterocycles. The quantitative estimate of drug-likeness (QED) is 0.817. The average Bonchev–Trinajstić information content (AvgIpc) is 2.25. The minimum Gasteiger partial charge on any atom is -0.453 e. The summed E-state index contributed by atoms with van der Waals surface area (Å²) in [7, 11) is 0. The van der Waals surface area contributed by atoms with Crippen molar-refractivity contribution in [1.29, 1.82) is 0 Å². The average molecular weight is 204 g/mol. The molecule has 3 nitrogen and oxygen atoms in total. The van der Waals surface area contributed by atoms with E-state index in [1.807, 2.05) is 0 Å². The molecule has 0 bridgehead atoms. The van der Waals surface area contributed by atoms with Crippen LogP contribution < -0.4 is 10.5 Å². The van der Waals surface area contributed by atoms with Crippen LogP contribution >= 0.6 is 0 Å². The molecule has 4 heteroatoms. The Labute approximate surface area is 86.3 Å². The van der Waals surface area contributed by atoms with E-state index in [4.69, 9.17) is 10.5 Å². The number of ether oxygens (including phenoxy) is 1. The van der Waals surface area contributed by atoms with Crippen LogP contribution in [0.4, 0.5) is 10.2 Å². The van der Waals surface area contributed by atoms with Gasteiger partial charge in [-0.3, -0.25) is 0 Å². The molecule has 76 valence electrons. The van der Waals surface area contributed by atoms with E-state index in [2.05, 4.69) is 4.98 Å². The zero-order chi connectivity index (χ0) is 10.7. The molecule has 0 aliphatic rings. The van der Waals surface area contributed by atoms with Gasteiger partial charge in [0, 0.05) is 0 Å². The second-order valence-corrected chi connectivity index (χ2v) is 2.95. The van der Waals surface area contributed by atoms with Gasteiger partial charge in [0.2, 0.25) is 0 Å². The number of rotatable bonds is 2. The molecule has 0 radical (unpaired) electrons. The Morgan fingerprint density at radius 3 is 2.60 bits per heavy atom. The highest BCUT2D eigenvalue weighted by Crippen LogP contribution is 2.23. The van der Waals surface area contributed by atoms with Crippen LogP contribution in [0.25, 0.3) is 0 Å². The van der Waals surface area contributed by atoms with Gasteiger partial charge in [0.1, 0.15) is 11.6 Å². The highest BCUT2D eigenvalue weighted by Gasteiger charge is 2.02. The fourth-order valence-corrected chi connectivity index (χ4v) is 1.11. The van der Waals surface area contributed by atoms with E-state index in [1.54, 1.807) is 30.3 Å². The first kappa shape index (κ1) is 9.45. The Balaban J connectivity index is 2.22. The number of anilines is 1. The molecule has 0 atom stereocenters. The number of hydrogen-bond acceptors (Lipinski definition) is 3. The van der Waals surface area contributed by atoms with E-state index in [0.717, 1.165) is 0 Å². The predicted octanol–water partition coefficient (Wildman–Crippen LogP) is 2.60. The van der Waals surface area contributed by atoms with Crippen molar-refractivity contribution in [3.05, 3.63) is 48.4 Å². The molecule has 1 heterocycles. The van der Waals surface area contributed by atoms with Gasteiger partial charge in [-0.05, 0) is 24.3 Å². The molecule has 0 aliphatic heterocycles. The van der Waals surface area contributed by atoms with Gasteiger partial charge >= 0.3 is 0 Å². The van der Waals surface area contributed by atoms with Crippen LogP contribution in [0.3, 0.4) is 0 Å². The molecule has 0 amide bonds. The zero-order valence-electron chi connectivity index (χ0n) is 7.85. The Bertz CT molecular complexity index is 456. The predicted molar refractivity (Wildman–Crippen MR) is 55.1 cm³/mol. The van der Waals surface area contributed by atoms with Crippen LogP contribution in [-0.2, 0) is 0 Å². The summed E-state index contributed by atoms with van der Waals surface area (Å²) >= 11 is 0. The first-order valence-corrected chi connectivity index (χ1v) is 4.39. The fraction of sp³-hybridized carbons (Fsp3) is 0.